The molecule has 7 nitrogen and oxygen atoms in total. The van der Waals surface area contributed by atoms with E-state index in [0.717, 1.165) is 33.5 Å². The average molecular weight is 521 g/mol. The average Bonchev–Trinajstić information content (AvgIpc) is 3.16. The quantitative estimate of drug-likeness (QED) is 0.415. The van der Waals surface area contributed by atoms with E-state index in [2.05, 4.69) is 22.7 Å². The minimum atomic E-state index is -1.52. The van der Waals surface area contributed by atoms with Gasteiger partial charge in [-0.25, -0.2) is 9.19 Å². The summed E-state index contributed by atoms with van der Waals surface area (Å²) in [5.74, 6) is 0.886. The van der Waals surface area contributed by atoms with Gasteiger partial charge in [-0.1, -0.05) is 30.3 Å². The number of aromatic nitrogens is 1. The van der Waals surface area contributed by atoms with Gasteiger partial charge in [-0.05, 0) is 74.6 Å². The van der Waals surface area contributed by atoms with Crippen LogP contribution in [0.25, 0.3) is 16.0 Å². The summed E-state index contributed by atoms with van der Waals surface area (Å²) in [5, 5.41) is 9.91. The van der Waals surface area contributed by atoms with E-state index in [9.17, 15) is 14.1 Å². The summed E-state index contributed by atoms with van der Waals surface area (Å²) in [6.07, 6.45) is 1.88. The molecule has 1 aliphatic heterocycles. The van der Waals surface area contributed by atoms with Gasteiger partial charge < -0.3 is 14.6 Å². The zero-order chi connectivity index (χ0) is 26.7. The number of benzene rings is 2. The van der Waals surface area contributed by atoms with Gasteiger partial charge in [0.1, 0.15) is 12.4 Å². The van der Waals surface area contributed by atoms with Gasteiger partial charge in [-0.2, -0.15) is 0 Å². The topological polar surface area (TPSA) is 97.8 Å². The largest absolute Gasteiger partial charge is 0.489 e. The van der Waals surface area contributed by atoms with Crippen LogP contribution in [0.15, 0.2) is 54.6 Å². The first kappa shape index (κ1) is 26.6. The Labute approximate surface area is 220 Å². The Morgan fingerprint density at radius 3 is 2.41 bits per heavy atom. The Kier molecular flexibility index (Phi) is 7.80. The molecule has 194 valence electrons. The van der Waals surface area contributed by atoms with E-state index >= 15 is 0 Å². The molecule has 0 saturated carbocycles. The van der Waals surface area contributed by atoms with Crippen molar-refractivity contribution in [1.29, 1.82) is 0 Å². The third-order valence-corrected chi connectivity index (χ3v) is 7.38. The fraction of sp³-hybridized carbons (Fsp3) is 0.310. The molecule has 2 aromatic carbocycles. The van der Waals surface area contributed by atoms with Crippen LogP contribution in [0.1, 0.15) is 48.2 Å². The van der Waals surface area contributed by atoms with E-state index in [-0.39, 0.29) is 5.91 Å². The molecule has 2 N–H and O–H groups in total. The minimum Gasteiger partial charge on any atom is -0.489 e. The van der Waals surface area contributed by atoms with E-state index in [0.29, 0.717) is 41.7 Å². The first-order chi connectivity index (χ1) is 17.5. The van der Waals surface area contributed by atoms with E-state index in [4.69, 9.17) is 9.47 Å². The van der Waals surface area contributed by atoms with E-state index in [1.54, 1.807) is 26.0 Å². The number of amides is 1. The predicted octanol–water partition coefficient (Wildman–Crippen LogP) is 4.93. The third kappa shape index (κ3) is 6.45. The number of nitrogens with zero attached hydrogens (tertiary/aromatic N) is 1. The Balaban J connectivity index is 1.48. The Hall–Kier alpha value is -3.49. The normalized spacial score (nSPS) is 15.4. The smallest absolute Gasteiger partial charge is 0.257 e. The van der Waals surface area contributed by atoms with Crippen LogP contribution in [-0.2, 0) is 22.4 Å². The summed E-state index contributed by atoms with van der Waals surface area (Å²) in [4.78, 5) is 16.6. The van der Waals surface area contributed by atoms with Crippen LogP contribution in [0.5, 0.6) is 11.6 Å². The molecule has 0 aliphatic carbocycles. The maximum Gasteiger partial charge on any atom is 0.257 e. The fourth-order valence-electron chi connectivity index (χ4n) is 4.21. The molecule has 8 heteroatoms. The summed E-state index contributed by atoms with van der Waals surface area (Å²) < 4.78 is 26.2. The number of aliphatic hydroxyl groups is 1. The van der Waals surface area contributed by atoms with Crippen LogP contribution in [0.3, 0.4) is 0 Å². The molecule has 1 aliphatic rings. The second-order valence-electron chi connectivity index (χ2n) is 9.80. The number of hydrogen-bond donors (Lipinski definition) is 2. The number of aryl methyl sites for hydroxylation is 2. The molecule has 0 fully saturated rings. The molecule has 0 bridgehead atoms. The van der Waals surface area contributed by atoms with Crippen LogP contribution in [0, 0.1) is 20.8 Å². The summed E-state index contributed by atoms with van der Waals surface area (Å²) in [7, 11) is -1.52. The standard InChI is InChI=1S/C29H32N2O5S/c1-18-15-27(35-14-13-29(4,5)33)30-20(3)28(18)24-8-6-7-22(19(24)2)17-36-23-11-9-21(10-12-23)25-16-26(32)31-37(25)34/h6-12,15-16,33H,13-14,17H2,1-5H3,(H,31,32). The van der Waals surface area contributed by atoms with Gasteiger partial charge in [-0.3, -0.25) is 9.52 Å². The van der Waals surface area contributed by atoms with Gasteiger partial charge >= 0.3 is 0 Å². The zero-order valence-corrected chi connectivity index (χ0v) is 22.6. The molecule has 1 aromatic heterocycles. The van der Waals surface area contributed by atoms with Crippen molar-refractivity contribution < 1.29 is 23.6 Å². The third-order valence-electron chi connectivity index (χ3n) is 6.24. The van der Waals surface area contributed by atoms with E-state index in [1.165, 1.54) is 6.08 Å². The lowest BCUT2D eigenvalue weighted by Crippen LogP contribution is -2.22. The lowest BCUT2D eigenvalue weighted by atomic mass is 9.93. The van der Waals surface area contributed by atoms with Crippen molar-refractivity contribution >= 4 is 21.8 Å². The van der Waals surface area contributed by atoms with E-state index in [1.807, 2.05) is 44.2 Å². The zero-order valence-electron chi connectivity index (χ0n) is 21.8. The highest BCUT2D eigenvalue weighted by Gasteiger charge is 2.21. The second-order valence-corrected chi connectivity index (χ2v) is 11.0. The van der Waals surface area contributed by atoms with Crippen LogP contribution in [-0.4, -0.2) is 32.4 Å². The van der Waals surface area contributed by atoms with Gasteiger partial charge in [0.2, 0.25) is 5.88 Å². The van der Waals surface area contributed by atoms with Crippen molar-refractivity contribution in [3.05, 3.63) is 82.6 Å². The van der Waals surface area contributed by atoms with Crippen LogP contribution < -0.4 is 14.2 Å². The van der Waals surface area contributed by atoms with Crippen LogP contribution >= 0.6 is 0 Å². The van der Waals surface area contributed by atoms with Crippen molar-refractivity contribution in [1.82, 2.24) is 9.71 Å². The molecular formula is C29H32N2O5S. The Morgan fingerprint density at radius 2 is 1.78 bits per heavy atom. The highest BCUT2D eigenvalue weighted by atomic mass is 32.2. The minimum absolute atomic E-state index is 0.349. The van der Waals surface area contributed by atoms with Crippen molar-refractivity contribution in [2.75, 3.05) is 6.61 Å². The molecule has 4 rings (SSSR count). The molecule has 0 radical (unpaired) electrons. The van der Waals surface area contributed by atoms with Crippen LogP contribution in [0.2, 0.25) is 0 Å². The lowest BCUT2D eigenvalue weighted by molar-refractivity contribution is -0.114. The number of carbonyl (C=O) groups excluding carboxylic acids is 1. The monoisotopic (exact) mass is 520 g/mol. The number of ether oxygens (including phenoxy) is 2. The van der Waals surface area contributed by atoms with Crippen molar-refractivity contribution in [2.24, 2.45) is 0 Å². The first-order valence-electron chi connectivity index (χ1n) is 12.1. The number of rotatable bonds is 9. The van der Waals surface area contributed by atoms with Crippen molar-refractivity contribution in [3.8, 4) is 22.8 Å². The second kappa shape index (κ2) is 10.9. The SMILES string of the molecule is Cc1cc(OCCC(C)(C)O)nc(C)c1-c1cccc(COc2ccc(C3=CC(=O)NS3=O)cc2)c1C. The van der Waals surface area contributed by atoms with Crippen molar-refractivity contribution in [3.63, 3.8) is 0 Å². The summed E-state index contributed by atoms with van der Waals surface area (Å²) in [6.45, 7) is 10.4. The number of nitrogens with one attached hydrogen (secondary N) is 1. The number of pyridine rings is 1. The Bertz CT molecular complexity index is 1350. The molecule has 1 atom stereocenters. The summed E-state index contributed by atoms with van der Waals surface area (Å²) in [6, 6.07) is 15.3. The maximum absolute atomic E-state index is 12.0. The van der Waals surface area contributed by atoms with Gasteiger partial charge in [0.25, 0.3) is 5.91 Å². The highest BCUT2D eigenvalue weighted by Crippen LogP contribution is 2.33. The predicted molar refractivity (Wildman–Crippen MR) is 145 cm³/mol. The molecule has 3 aromatic rings. The lowest BCUT2D eigenvalue weighted by Gasteiger charge is -2.19. The van der Waals surface area contributed by atoms with Gasteiger partial charge in [-0.15, -0.1) is 0 Å². The first-order valence-corrected chi connectivity index (χ1v) is 13.3. The molecule has 1 unspecified atom stereocenters. The van der Waals surface area contributed by atoms with Gasteiger partial charge in [0.05, 0.1) is 17.1 Å². The number of hydrogen-bond acceptors (Lipinski definition) is 6. The summed E-state index contributed by atoms with van der Waals surface area (Å²) in [5.41, 5.74) is 6.20. The molecule has 37 heavy (non-hydrogen) atoms. The molecule has 2 heterocycles. The molecule has 1 amide bonds. The van der Waals surface area contributed by atoms with Gasteiger partial charge in [0.15, 0.2) is 11.0 Å². The van der Waals surface area contributed by atoms with Gasteiger partial charge in [0, 0.05) is 29.8 Å². The Morgan fingerprint density at radius 1 is 1.05 bits per heavy atom. The maximum atomic E-state index is 12.0. The van der Waals surface area contributed by atoms with Crippen LogP contribution in [0.4, 0.5) is 0 Å². The molecular weight excluding hydrogens is 488 g/mol. The number of carbonyl (C=O) groups is 1. The van der Waals surface area contributed by atoms with Crippen molar-refractivity contribution in [2.45, 2.75) is 53.2 Å². The van der Waals surface area contributed by atoms with E-state index < -0.39 is 16.6 Å². The highest BCUT2D eigenvalue weighted by molar-refractivity contribution is 7.93. The fourth-order valence-corrected chi connectivity index (χ4v) is 5.12. The molecule has 0 spiro atoms. The summed E-state index contributed by atoms with van der Waals surface area (Å²) >= 11 is 0. The molecule has 0 saturated heterocycles.